The van der Waals surface area contributed by atoms with Crippen LogP contribution in [0.25, 0.3) is 11.3 Å². The summed E-state index contributed by atoms with van der Waals surface area (Å²) in [6.07, 6.45) is 3.30. The molecular formula is C19H20N4OS2. The lowest BCUT2D eigenvalue weighted by Gasteiger charge is -2.17. The van der Waals surface area contributed by atoms with Crippen LogP contribution < -0.4 is 10.1 Å². The van der Waals surface area contributed by atoms with Gasteiger partial charge in [0.05, 0.1) is 4.88 Å². The molecule has 3 heterocycles. The third kappa shape index (κ3) is 3.68. The highest BCUT2D eigenvalue weighted by Gasteiger charge is 2.26. The highest BCUT2D eigenvalue weighted by atomic mass is 32.2. The highest BCUT2D eigenvalue weighted by molar-refractivity contribution is 7.99. The minimum absolute atomic E-state index is 0.285. The first-order chi connectivity index (χ1) is 12.8. The number of hydrogen-bond donors (Lipinski definition) is 1. The number of rotatable bonds is 6. The second-order valence-corrected chi connectivity index (χ2v) is 8.05. The molecule has 1 aliphatic heterocycles. The molecule has 0 saturated heterocycles. The highest BCUT2D eigenvalue weighted by Crippen LogP contribution is 2.40. The van der Waals surface area contributed by atoms with Crippen LogP contribution in [0.4, 0.5) is 5.69 Å². The van der Waals surface area contributed by atoms with Gasteiger partial charge in [0.25, 0.3) is 0 Å². The summed E-state index contributed by atoms with van der Waals surface area (Å²) in [5.74, 6) is 1.53. The van der Waals surface area contributed by atoms with Crippen LogP contribution in [0.3, 0.4) is 0 Å². The fourth-order valence-electron chi connectivity index (χ4n) is 2.79. The maximum absolute atomic E-state index is 6.22. The zero-order chi connectivity index (χ0) is 17.8. The van der Waals surface area contributed by atoms with Gasteiger partial charge in [-0.1, -0.05) is 55.8 Å². The van der Waals surface area contributed by atoms with Crippen LogP contribution in [-0.2, 0) is 0 Å². The van der Waals surface area contributed by atoms with Crippen LogP contribution in [0.5, 0.6) is 5.88 Å². The van der Waals surface area contributed by atoms with Gasteiger partial charge >= 0.3 is 0 Å². The van der Waals surface area contributed by atoms with Gasteiger partial charge in [-0.25, -0.2) is 0 Å². The molecule has 0 spiro atoms. The quantitative estimate of drug-likeness (QED) is 0.454. The first-order valence-electron chi connectivity index (χ1n) is 8.78. The summed E-state index contributed by atoms with van der Waals surface area (Å²) in [7, 11) is 0. The van der Waals surface area contributed by atoms with Crippen LogP contribution in [-0.4, -0.2) is 20.9 Å². The number of unbranched alkanes of at least 4 members (excludes halogenated alkanes) is 2. The van der Waals surface area contributed by atoms with Gasteiger partial charge in [0.2, 0.25) is 17.3 Å². The normalized spacial score (nSPS) is 15.3. The maximum Gasteiger partial charge on any atom is 0.247 e. The van der Waals surface area contributed by atoms with Crippen molar-refractivity contribution in [2.45, 2.75) is 37.6 Å². The Balaban J connectivity index is 1.67. The molecule has 0 radical (unpaired) electrons. The van der Waals surface area contributed by atoms with Crippen molar-refractivity contribution in [2.24, 2.45) is 0 Å². The Hall–Kier alpha value is -2.12. The van der Waals surface area contributed by atoms with Gasteiger partial charge in [-0.3, -0.25) is 0 Å². The van der Waals surface area contributed by atoms with Crippen molar-refractivity contribution in [1.29, 1.82) is 0 Å². The molecule has 1 N–H and O–H groups in total. The molecule has 3 aromatic rings. The molecule has 4 rings (SSSR count). The topological polar surface area (TPSA) is 59.9 Å². The van der Waals surface area contributed by atoms with E-state index < -0.39 is 0 Å². The first-order valence-corrected chi connectivity index (χ1v) is 10.6. The fraction of sp³-hybridized carbons (Fsp3) is 0.316. The molecule has 0 aliphatic carbocycles. The summed E-state index contributed by atoms with van der Waals surface area (Å²) in [5, 5.41) is 14.9. The summed E-state index contributed by atoms with van der Waals surface area (Å²) in [4.78, 5) is 5.76. The van der Waals surface area contributed by atoms with Gasteiger partial charge in [0.15, 0.2) is 5.69 Å². The van der Waals surface area contributed by atoms with Crippen molar-refractivity contribution in [3.63, 3.8) is 0 Å². The Morgan fingerprint density at radius 2 is 2.08 bits per heavy atom. The molecule has 1 aromatic carbocycles. The minimum atomic E-state index is -0.285. The number of thiophene rings is 1. The zero-order valence-electron chi connectivity index (χ0n) is 14.5. The minimum Gasteiger partial charge on any atom is -0.447 e. The van der Waals surface area contributed by atoms with Gasteiger partial charge in [-0.15, -0.1) is 21.5 Å². The van der Waals surface area contributed by atoms with E-state index in [9.17, 15) is 0 Å². The lowest BCUT2D eigenvalue weighted by molar-refractivity contribution is 0.229. The molecule has 134 valence electrons. The number of ether oxygens (including phenoxy) is 1. The van der Waals surface area contributed by atoms with Crippen LogP contribution in [0, 0.1) is 0 Å². The standard InChI is InChI=1S/C19H20N4OS2/c1-2-3-6-11-26-19-21-18-16(22-23-19)13-8-4-5-9-14(13)20-17(24-18)15-10-7-12-25-15/h4-5,7-10,12,17,20H,2-3,6,11H2,1H3/t17-/m1/s1. The Kier molecular flexibility index (Phi) is 5.36. The lowest BCUT2D eigenvalue weighted by atomic mass is 10.1. The number of nitrogens with zero attached hydrogens (tertiary/aromatic N) is 3. The van der Waals surface area contributed by atoms with E-state index in [0.717, 1.165) is 28.3 Å². The van der Waals surface area contributed by atoms with E-state index in [-0.39, 0.29) is 6.23 Å². The summed E-state index contributed by atoms with van der Waals surface area (Å²) in [5.41, 5.74) is 2.62. The van der Waals surface area contributed by atoms with Crippen molar-refractivity contribution in [3.8, 4) is 17.1 Å². The van der Waals surface area contributed by atoms with Gasteiger partial charge in [0, 0.05) is 17.0 Å². The second kappa shape index (κ2) is 8.05. The molecule has 26 heavy (non-hydrogen) atoms. The molecule has 0 fully saturated rings. The average molecular weight is 385 g/mol. The van der Waals surface area contributed by atoms with E-state index in [1.807, 2.05) is 35.7 Å². The molecular weight excluding hydrogens is 364 g/mol. The van der Waals surface area contributed by atoms with E-state index >= 15 is 0 Å². The van der Waals surface area contributed by atoms with E-state index in [0.29, 0.717) is 16.7 Å². The Labute approximate surface area is 161 Å². The van der Waals surface area contributed by atoms with E-state index in [4.69, 9.17) is 4.74 Å². The number of aromatic nitrogens is 3. The predicted molar refractivity (Wildman–Crippen MR) is 107 cm³/mol. The number of anilines is 1. The molecule has 1 aliphatic rings. The number of thioether (sulfide) groups is 1. The van der Waals surface area contributed by atoms with E-state index in [1.54, 1.807) is 23.1 Å². The maximum atomic E-state index is 6.22. The summed E-state index contributed by atoms with van der Waals surface area (Å²) in [6.45, 7) is 2.20. The summed E-state index contributed by atoms with van der Waals surface area (Å²) < 4.78 is 6.22. The Morgan fingerprint density at radius 3 is 2.92 bits per heavy atom. The summed E-state index contributed by atoms with van der Waals surface area (Å²) >= 11 is 3.29. The smallest absolute Gasteiger partial charge is 0.247 e. The van der Waals surface area contributed by atoms with E-state index in [1.165, 1.54) is 12.8 Å². The van der Waals surface area contributed by atoms with Crippen LogP contribution >= 0.6 is 23.1 Å². The van der Waals surface area contributed by atoms with E-state index in [2.05, 4.69) is 33.5 Å². The second-order valence-electron chi connectivity index (χ2n) is 6.01. The monoisotopic (exact) mass is 384 g/mol. The van der Waals surface area contributed by atoms with Crippen LogP contribution in [0.15, 0.2) is 46.9 Å². The van der Waals surface area contributed by atoms with Crippen molar-refractivity contribution in [3.05, 3.63) is 46.7 Å². The molecule has 0 bridgehead atoms. The average Bonchev–Trinajstić information content (AvgIpc) is 3.15. The van der Waals surface area contributed by atoms with Gasteiger partial charge in [0.1, 0.15) is 0 Å². The van der Waals surface area contributed by atoms with Crippen molar-refractivity contribution in [2.75, 3.05) is 11.1 Å². The molecule has 0 saturated carbocycles. The largest absolute Gasteiger partial charge is 0.447 e. The Morgan fingerprint density at radius 1 is 1.15 bits per heavy atom. The van der Waals surface area contributed by atoms with Crippen molar-refractivity contribution < 1.29 is 4.74 Å². The molecule has 0 unspecified atom stereocenters. The molecule has 1 atom stereocenters. The Bertz CT molecular complexity index is 870. The van der Waals surface area contributed by atoms with Crippen molar-refractivity contribution in [1.82, 2.24) is 15.2 Å². The lowest BCUT2D eigenvalue weighted by Crippen LogP contribution is -2.15. The fourth-order valence-corrected chi connectivity index (χ4v) is 4.27. The predicted octanol–water partition coefficient (Wildman–Crippen LogP) is 5.39. The number of nitrogens with one attached hydrogen (secondary N) is 1. The first kappa shape index (κ1) is 17.3. The number of fused-ring (bicyclic) bond motifs is 3. The molecule has 7 heteroatoms. The van der Waals surface area contributed by atoms with Crippen LogP contribution in [0.2, 0.25) is 0 Å². The number of para-hydroxylation sites is 1. The molecule has 2 aromatic heterocycles. The number of benzene rings is 1. The zero-order valence-corrected chi connectivity index (χ0v) is 16.1. The van der Waals surface area contributed by atoms with Gasteiger partial charge < -0.3 is 10.1 Å². The number of hydrogen-bond acceptors (Lipinski definition) is 7. The molecule has 0 amide bonds. The van der Waals surface area contributed by atoms with Gasteiger partial charge in [-0.05, 0) is 23.9 Å². The molecule has 5 nitrogen and oxygen atoms in total. The third-order valence-corrected chi connectivity index (χ3v) is 5.95. The summed E-state index contributed by atoms with van der Waals surface area (Å²) in [6, 6.07) is 12.1. The van der Waals surface area contributed by atoms with Gasteiger partial charge in [-0.2, -0.15) is 4.98 Å². The van der Waals surface area contributed by atoms with Crippen LogP contribution in [0.1, 0.15) is 37.3 Å². The SMILES string of the molecule is CCCCCSc1nnc2c(n1)O[C@H](c1cccs1)Nc1ccccc1-2. The third-order valence-electron chi connectivity index (χ3n) is 4.11. The van der Waals surface area contributed by atoms with Crippen molar-refractivity contribution >= 4 is 28.8 Å².